The van der Waals surface area contributed by atoms with Crippen LogP contribution in [0.5, 0.6) is 0 Å². The molecule has 7 heteroatoms. The van der Waals surface area contributed by atoms with Crippen molar-refractivity contribution in [2.45, 2.75) is 13.0 Å². The second kappa shape index (κ2) is 5.72. The Labute approximate surface area is 94.9 Å². The maximum atomic E-state index is 11.8. The zero-order chi connectivity index (χ0) is 12.1. The molecule has 0 aliphatic carbocycles. The number of alkyl halides is 2. The largest absolute Gasteiger partial charge is 0.371 e. The normalized spacial score (nSPS) is 10.8. The van der Waals surface area contributed by atoms with Crippen LogP contribution in [0.3, 0.4) is 0 Å². The number of nitro benzene ring substituents is 1. The summed E-state index contributed by atoms with van der Waals surface area (Å²) in [4.78, 5) is 9.88. The summed E-state index contributed by atoms with van der Waals surface area (Å²) < 4.78 is 28.1. The van der Waals surface area contributed by atoms with E-state index in [2.05, 4.69) is 4.74 Å². The highest BCUT2D eigenvalue weighted by Crippen LogP contribution is 2.25. The number of ether oxygens (including phenoxy) is 1. The molecule has 0 heterocycles. The van der Waals surface area contributed by atoms with Crippen LogP contribution < -0.4 is 0 Å². The lowest BCUT2D eigenvalue weighted by Crippen LogP contribution is -2.04. The number of rotatable bonds is 5. The molecule has 1 aromatic carbocycles. The van der Waals surface area contributed by atoms with Crippen molar-refractivity contribution in [3.8, 4) is 0 Å². The molecule has 1 rings (SSSR count). The maximum Gasteiger partial charge on any atom is 0.288 e. The Morgan fingerprint density at radius 1 is 1.50 bits per heavy atom. The van der Waals surface area contributed by atoms with Gasteiger partial charge in [0, 0.05) is 6.07 Å². The number of benzene rings is 1. The maximum absolute atomic E-state index is 11.8. The van der Waals surface area contributed by atoms with Gasteiger partial charge in [0.1, 0.15) is 11.6 Å². The van der Waals surface area contributed by atoms with Gasteiger partial charge >= 0.3 is 0 Å². The molecule has 0 aliphatic rings. The SMILES string of the molecule is O=[N+]([O-])c1cc(COCC(F)F)ccc1Cl. The molecule has 0 fully saturated rings. The Balaban J connectivity index is 2.68. The van der Waals surface area contributed by atoms with E-state index in [1.165, 1.54) is 18.2 Å². The summed E-state index contributed by atoms with van der Waals surface area (Å²) >= 11 is 5.57. The predicted octanol–water partition coefficient (Wildman–Crippen LogP) is 3.03. The lowest BCUT2D eigenvalue weighted by atomic mass is 10.2. The van der Waals surface area contributed by atoms with Crippen LogP contribution in [-0.4, -0.2) is 18.0 Å². The van der Waals surface area contributed by atoms with Gasteiger partial charge in [0.05, 0.1) is 11.5 Å². The van der Waals surface area contributed by atoms with Crippen molar-refractivity contribution >= 4 is 17.3 Å². The van der Waals surface area contributed by atoms with E-state index in [1.54, 1.807) is 0 Å². The molecule has 0 amide bonds. The first-order chi connectivity index (χ1) is 7.50. The second-order valence-electron chi connectivity index (χ2n) is 2.95. The van der Waals surface area contributed by atoms with E-state index in [0.29, 0.717) is 5.56 Å². The standard InChI is InChI=1S/C9H8ClF2NO3/c10-7-2-1-6(3-8(7)13(14)15)4-16-5-9(11)12/h1-3,9H,4-5H2. The summed E-state index contributed by atoms with van der Waals surface area (Å²) in [5.41, 5.74) is 0.163. The summed E-state index contributed by atoms with van der Waals surface area (Å²) in [5.74, 6) is 0. The smallest absolute Gasteiger partial charge is 0.288 e. The molecule has 88 valence electrons. The molecular formula is C9H8ClF2NO3. The lowest BCUT2D eigenvalue weighted by Gasteiger charge is -2.04. The van der Waals surface area contributed by atoms with E-state index >= 15 is 0 Å². The van der Waals surface area contributed by atoms with Crippen molar-refractivity contribution in [2.24, 2.45) is 0 Å². The van der Waals surface area contributed by atoms with Gasteiger partial charge in [-0.1, -0.05) is 17.7 Å². The molecule has 4 nitrogen and oxygen atoms in total. The van der Waals surface area contributed by atoms with E-state index in [4.69, 9.17) is 11.6 Å². The molecule has 0 aliphatic heterocycles. The highest BCUT2D eigenvalue weighted by molar-refractivity contribution is 6.32. The summed E-state index contributed by atoms with van der Waals surface area (Å²) in [7, 11) is 0. The van der Waals surface area contributed by atoms with E-state index in [0.717, 1.165) is 0 Å². The minimum absolute atomic E-state index is 0.00242. The van der Waals surface area contributed by atoms with Gasteiger partial charge in [-0.2, -0.15) is 0 Å². The van der Waals surface area contributed by atoms with Crippen molar-refractivity contribution in [1.82, 2.24) is 0 Å². The Kier molecular flexibility index (Phi) is 4.57. The van der Waals surface area contributed by atoms with Crippen LogP contribution in [0.1, 0.15) is 5.56 Å². The molecule has 0 atom stereocenters. The van der Waals surface area contributed by atoms with Crippen molar-refractivity contribution in [2.75, 3.05) is 6.61 Å². The van der Waals surface area contributed by atoms with Gasteiger partial charge < -0.3 is 4.74 Å². The summed E-state index contributed by atoms with van der Waals surface area (Å²) in [6, 6.07) is 4.02. The van der Waals surface area contributed by atoms with Gasteiger partial charge in [0.15, 0.2) is 0 Å². The topological polar surface area (TPSA) is 52.4 Å². The quantitative estimate of drug-likeness (QED) is 0.597. The molecule has 0 spiro atoms. The Morgan fingerprint density at radius 2 is 2.19 bits per heavy atom. The number of hydrogen-bond donors (Lipinski definition) is 0. The van der Waals surface area contributed by atoms with Crippen LogP contribution in [0.2, 0.25) is 5.02 Å². The number of hydrogen-bond acceptors (Lipinski definition) is 3. The molecule has 0 bridgehead atoms. The average molecular weight is 252 g/mol. The summed E-state index contributed by atoms with van der Waals surface area (Å²) in [6.07, 6.45) is -2.55. The summed E-state index contributed by atoms with van der Waals surface area (Å²) in [5, 5.41) is 10.5. The molecule has 0 saturated heterocycles. The third-order valence-electron chi connectivity index (χ3n) is 1.72. The van der Waals surface area contributed by atoms with Gasteiger partial charge in [0.25, 0.3) is 12.1 Å². The molecule has 0 radical (unpaired) electrons. The minimum Gasteiger partial charge on any atom is -0.371 e. The van der Waals surface area contributed by atoms with Crippen LogP contribution in [-0.2, 0) is 11.3 Å². The first kappa shape index (κ1) is 12.8. The number of nitro groups is 1. The summed E-state index contributed by atoms with van der Waals surface area (Å²) in [6.45, 7) is -0.807. The third kappa shape index (κ3) is 3.71. The van der Waals surface area contributed by atoms with Gasteiger partial charge in [-0.3, -0.25) is 10.1 Å². The van der Waals surface area contributed by atoms with Crippen molar-refractivity contribution in [3.63, 3.8) is 0 Å². The Morgan fingerprint density at radius 3 is 2.75 bits per heavy atom. The number of halogens is 3. The van der Waals surface area contributed by atoms with Crippen molar-refractivity contribution in [3.05, 3.63) is 38.9 Å². The van der Waals surface area contributed by atoms with Gasteiger partial charge in [-0.15, -0.1) is 0 Å². The predicted molar refractivity (Wildman–Crippen MR) is 53.8 cm³/mol. The second-order valence-corrected chi connectivity index (χ2v) is 3.36. The first-order valence-electron chi connectivity index (χ1n) is 4.29. The van der Waals surface area contributed by atoms with Gasteiger partial charge in [0.2, 0.25) is 0 Å². The van der Waals surface area contributed by atoms with Crippen LogP contribution in [0.25, 0.3) is 0 Å². The van der Waals surface area contributed by atoms with E-state index in [9.17, 15) is 18.9 Å². The Bertz CT molecular complexity index is 387. The zero-order valence-electron chi connectivity index (χ0n) is 8.03. The molecule has 1 aromatic rings. The van der Waals surface area contributed by atoms with Crippen LogP contribution >= 0.6 is 11.6 Å². The lowest BCUT2D eigenvalue weighted by molar-refractivity contribution is -0.384. The van der Waals surface area contributed by atoms with E-state index in [-0.39, 0.29) is 17.3 Å². The molecule has 0 N–H and O–H groups in total. The fourth-order valence-electron chi connectivity index (χ4n) is 1.05. The minimum atomic E-state index is -2.55. The fourth-order valence-corrected chi connectivity index (χ4v) is 1.24. The molecule has 0 aromatic heterocycles. The molecule has 0 saturated carbocycles. The van der Waals surface area contributed by atoms with E-state index in [1.807, 2.05) is 0 Å². The zero-order valence-corrected chi connectivity index (χ0v) is 8.79. The highest BCUT2D eigenvalue weighted by atomic mass is 35.5. The molecule has 0 unspecified atom stereocenters. The average Bonchev–Trinajstić information content (AvgIpc) is 2.19. The van der Waals surface area contributed by atoms with Crippen molar-refractivity contribution in [1.29, 1.82) is 0 Å². The fraction of sp³-hybridized carbons (Fsp3) is 0.333. The number of nitrogens with zero attached hydrogens (tertiary/aromatic N) is 1. The van der Waals surface area contributed by atoms with Gasteiger partial charge in [-0.25, -0.2) is 8.78 Å². The molecular weight excluding hydrogens is 244 g/mol. The third-order valence-corrected chi connectivity index (χ3v) is 2.04. The first-order valence-corrected chi connectivity index (χ1v) is 4.67. The Hall–Kier alpha value is -1.27. The van der Waals surface area contributed by atoms with Crippen LogP contribution in [0.4, 0.5) is 14.5 Å². The molecule has 16 heavy (non-hydrogen) atoms. The van der Waals surface area contributed by atoms with Crippen LogP contribution in [0.15, 0.2) is 18.2 Å². The van der Waals surface area contributed by atoms with E-state index < -0.39 is 18.0 Å². The van der Waals surface area contributed by atoms with Crippen LogP contribution in [0, 0.1) is 10.1 Å². The van der Waals surface area contributed by atoms with Crippen molar-refractivity contribution < 1.29 is 18.4 Å². The highest BCUT2D eigenvalue weighted by Gasteiger charge is 2.12. The van der Waals surface area contributed by atoms with Gasteiger partial charge in [-0.05, 0) is 11.6 Å². The monoisotopic (exact) mass is 251 g/mol.